The Morgan fingerprint density at radius 1 is 0.710 bits per heavy atom. The van der Waals surface area contributed by atoms with Crippen LogP contribution in [0.5, 0.6) is 0 Å². The van der Waals surface area contributed by atoms with Crippen molar-refractivity contribution in [3.63, 3.8) is 0 Å². The van der Waals surface area contributed by atoms with Crippen LogP contribution in [-0.4, -0.2) is 78.3 Å². The second-order valence-corrected chi connectivity index (χ2v) is 5.87. The van der Waals surface area contributed by atoms with Crippen LogP contribution in [0.15, 0.2) is 23.3 Å². The first-order chi connectivity index (χ1) is 14.3. The summed E-state index contributed by atoms with van der Waals surface area (Å²) in [5.41, 5.74) is -0.0753. The van der Waals surface area contributed by atoms with Gasteiger partial charge in [-0.3, -0.25) is 0 Å². The molecule has 0 aliphatic carbocycles. The molecule has 31 heavy (non-hydrogen) atoms. The molecule has 1 atom stereocenters. The number of aliphatic hydroxyl groups is 2. The molecule has 0 radical (unpaired) electrons. The number of aliphatic carboxylic acids is 5. The maximum Gasteiger partial charge on any atom is 0.334 e. The summed E-state index contributed by atoms with van der Waals surface area (Å²) >= 11 is 0. The summed E-state index contributed by atoms with van der Waals surface area (Å²) in [4.78, 5) is 50.6. The molecule has 0 amide bonds. The molecule has 0 aromatic carbocycles. The van der Waals surface area contributed by atoms with Gasteiger partial charge < -0.3 is 35.7 Å². The molecule has 0 spiro atoms. The highest BCUT2D eigenvalue weighted by molar-refractivity contribution is 5.95. The van der Waals surface area contributed by atoms with Crippen LogP contribution >= 0.6 is 0 Å². The van der Waals surface area contributed by atoms with Gasteiger partial charge >= 0.3 is 29.8 Å². The average molecular weight is 450 g/mol. The van der Waals surface area contributed by atoms with E-state index < -0.39 is 42.6 Å². The normalized spacial score (nSPS) is 11.7. The molecule has 12 nitrogen and oxygen atoms in total. The predicted molar refractivity (Wildman–Crippen MR) is 106 cm³/mol. The molecule has 0 heterocycles. The number of carbonyl (C=O) groups is 5. The van der Waals surface area contributed by atoms with Gasteiger partial charge in [0.15, 0.2) is 6.10 Å². The van der Waals surface area contributed by atoms with Gasteiger partial charge in [-0.1, -0.05) is 26.7 Å². The summed E-state index contributed by atoms with van der Waals surface area (Å²) in [5, 5.41) is 57.4. The zero-order valence-electron chi connectivity index (χ0n) is 17.4. The van der Waals surface area contributed by atoms with Crippen LogP contribution in [-0.2, 0) is 24.0 Å². The Balaban J connectivity index is -0.000000394. The van der Waals surface area contributed by atoms with Crippen molar-refractivity contribution in [2.75, 3.05) is 6.61 Å². The molecular formula is C19H30O12. The molecule has 0 bridgehead atoms. The van der Waals surface area contributed by atoms with Crippen LogP contribution in [0.4, 0.5) is 0 Å². The molecule has 0 aromatic heterocycles. The second-order valence-electron chi connectivity index (χ2n) is 5.87. The predicted octanol–water partition coefficient (Wildman–Crippen LogP) is 0.969. The Morgan fingerprint density at radius 2 is 1.03 bits per heavy atom. The van der Waals surface area contributed by atoms with Gasteiger partial charge in [-0.25, -0.2) is 24.0 Å². The van der Waals surface area contributed by atoms with Crippen molar-refractivity contribution in [2.45, 2.75) is 58.5 Å². The van der Waals surface area contributed by atoms with Crippen LogP contribution < -0.4 is 0 Å². The van der Waals surface area contributed by atoms with Crippen LogP contribution in [0.3, 0.4) is 0 Å². The minimum Gasteiger partial charge on any atom is -0.479 e. The van der Waals surface area contributed by atoms with E-state index in [0.29, 0.717) is 25.7 Å². The highest BCUT2D eigenvalue weighted by Crippen LogP contribution is 2.07. The van der Waals surface area contributed by atoms with E-state index >= 15 is 0 Å². The molecule has 1 unspecified atom stereocenters. The number of carboxylic acids is 5. The van der Waals surface area contributed by atoms with Gasteiger partial charge in [-0.2, -0.15) is 0 Å². The van der Waals surface area contributed by atoms with Gasteiger partial charge in [0.05, 0.1) is 6.61 Å². The highest BCUT2D eigenvalue weighted by Gasteiger charge is 2.09. The summed E-state index contributed by atoms with van der Waals surface area (Å²) in [6.07, 6.45) is 3.61. The molecule has 0 aliphatic rings. The molecule has 0 aliphatic heterocycles. The number of hydrogen-bond acceptors (Lipinski definition) is 7. The third-order valence-electron chi connectivity index (χ3n) is 3.20. The Morgan fingerprint density at radius 3 is 1.16 bits per heavy atom. The lowest BCUT2D eigenvalue weighted by Gasteiger charge is -1.97. The van der Waals surface area contributed by atoms with Crippen molar-refractivity contribution >= 4 is 29.8 Å². The molecule has 7 N–H and O–H groups in total. The van der Waals surface area contributed by atoms with Crippen molar-refractivity contribution in [2.24, 2.45) is 0 Å². The first-order valence-electron chi connectivity index (χ1n) is 9.19. The summed E-state index contributed by atoms with van der Waals surface area (Å²) < 4.78 is 0. The molecule has 178 valence electrons. The third kappa shape index (κ3) is 22.9. The topological polar surface area (TPSA) is 227 Å². The molecule has 0 saturated heterocycles. The van der Waals surface area contributed by atoms with Crippen molar-refractivity contribution in [3.05, 3.63) is 23.3 Å². The number of carboxylic acid groups (broad SMARTS) is 5. The lowest BCUT2D eigenvalue weighted by Crippen LogP contribution is -2.22. The third-order valence-corrected chi connectivity index (χ3v) is 3.20. The Hall–Kier alpha value is -3.25. The molecule has 0 fully saturated rings. The number of rotatable bonds is 12. The van der Waals surface area contributed by atoms with E-state index in [4.69, 9.17) is 35.7 Å². The van der Waals surface area contributed by atoms with E-state index in [9.17, 15) is 24.0 Å². The molecule has 0 aromatic rings. The fraction of sp³-hybridized carbons (Fsp3) is 0.526. The zero-order valence-corrected chi connectivity index (χ0v) is 17.4. The lowest BCUT2D eigenvalue weighted by atomic mass is 10.1. The van der Waals surface area contributed by atoms with E-state index in [2.05, 4.69) is 0 Å². The zero-order chi connectivity index (χ0) is 25.0. The molecule has 12 heteroatoms. The smallest absolute Gasteiger partial charge is 0.334 e. The summed E-state index contributed by atoms with van der Waals surface area (Å²) in [6.45, 7) is 3.11. The summed E-state index contributed by atoms with van der Waals surface area (Å²) in [5.74, 6) is -6.11. The lowest BCUT2D eigenvalue weighted by molar-refractivity contribution is -0.148. The summed E-state index contributed by atoms with van der Waals surface area (Å²) in [6, 6.07) is 0. The first kappa shape index (κ1) is 32.4. The summed E-state index contributed by atoms with van der Waals surface area (Å²) in [7, 11) is 0. The van der Waals surface area contributed by atoms with Gasteiger partial charge in [-0.05, 0) is 25.7 Å². The van der Waals surface area contributed by atoms with Crippen LogP contribution in [0, 0.1) is 0 Å². The van der Waals surface area contributed by atoms with Crippen LogP contribution in [0.25, 0.3) is 0 Å². The largest absolute Gasteiger partial charge is 0.479 e. The standard InChI is InChI=1S/2C8H12O4.C3H6O4/c2*1-2-3-4-6(8(11)12)5-7(9)10;4-1-2(5)3(6)7/h2*5H,2-4H2,1H3,(H,9,10)(H,11,12);2,4-5H,1H2,(H,6,7). The van der Waals surface area contributed by atoms with Crippen molar-refractivity contribution in [1.82, 2.24) is 0 Å². The van der Waals surface area contributed by atoms with Gasteiger partial charge in [-0.15, -0.1) is 0 Å². The molecule has 0 saturated carbocycles. The quantitative estimate of drug-likeness (QED) is 0.206. The van der Waals surface area contributed by atoms with Gasteiger partial charge in [0.2, 0.25) is 0 Å². The van der Waals surface area contributed by atoms with E-state index in [1.54, 1.807) is 0 Å². The Labute approximate surface area is 178 Å². The van der Waals surface area contributed by atoms with E-state index in [-0.39, 0.29) is 11.1 Å². The maximum absolute atomic E-state index is 10.4. The minimum atomic E-state index is -1.63. The minimum absolute atomic E-state index is 0.0376. The maximum atomic E-state index is 10.4. The fourth-order valence-corrected chi connectivity index (χ4v) is 1.59. The number of aliphatic hydroxyl groups excluding tert-OH is 2. The van der Waals surface area contributed by atoms with Gasteiger partial charge in [0, 0.05) is 23.3 Å². The van der Waals surface area contributed by atoms with Crippen LogP contribution in [0.1, 0.15) is 52.4 Å². The van der Waals surface area contributed by atoms with E-state index in [1.807, 2.05) is 13.8 Å². The fourth-order valence-electron chi connectivity index (χ4n) is 1.59. The molecule has 0 rings (SSSR count). The molecular weight excluding hydrogens is 420 g/mol. The second kappa shape index (κ2) is 20.0. The van der Waals surface area contributed by atoms with Crippen LogP contribution in [0.2, 0.25) is 0 Å². The highest BCUT2D eigenvalue weighted by atomic mass is 16.4. The Bertz CT molecular complexity index is 602. The number of unbranched alkanes of at least 4 members (excludes halogenated alkanes) is 2. The van der Waals surface area contributed by atoms with Gasteiger partial charge in [0.1, 0.15) is 0 Å². The average Bonchev–Trinajstić information content (AvgIpc) is 2.67. The number of hydrogen-bond donors (Lipinski definition) is 7. The van der Waals surface area contributed by atoms with Gasteiger partial charge in [0.25, 0.3) is 0 Å². The van der Waals surface area contributed by atoms with E-state index in [1.165, 1.54) is 0 Å². The monoisotopic (exact) mass is 450 g/mol. The van der Waals surface area contributed by atoms with Crippen molar-refractivity contribution < 1.29 is 59.7 Å². The van der Waals surface area contributed by atoms with Crippen molar-refractivity contribution in [1.29, 1.82) is 0 Å². The first-order valence-corrected chi connectivity index (χ1v) is 9.19. The SMILES string of the molecule is CCCCC(=CC(=O)O)C(=O)O.CCCCC(=CC(=O)O)C(=O)O.O=C(O)C(O)CO. The van der Waals surface area contributed by atoms with Crippen molar-refractivity contribution in [3.8, 4) is 0 Å². The van der Waals surface area contributed by atoms with E-state index in [0.717, 1.165) is 25.0 Å². The Kier molecular flexibility index (Phi) is 21.0.